The lowest BCUT2D eigenvalue weighted by Gasteiger charge is -2.32. The van der Waals surface area contributed by atoms with E-state index in [4.69, 9.17) is 0 Å². The van der Waals surface area contributed by atoms with Crippen LogP contribution in [0.25, 0.3) is 43.8 Å². The van der Waals surface area contributed by atoms with Crippen LogP contribution in [0.4, 0.5) is 51.2 Å². The van der Waals surface area contributed by atoms with Crippen molar-refractivity contribution in [1.82, 2.24) is 0 Å². The lowest BCUT2D eigenvalue weighted by molar-refractivity contribution is 0.826. The molecule has 0 radical (unpaired) electrons. The molecule has 3 aliphatic rings. The maximum Gasteiger partial charge on any atom is 0.0468 e. The molecule has 84 heavy (non-hydrogen) atoms. The van der Waals surface area contributed by atoms with Gasteiger partial charge in [-0.2, -0.15) is 0 Å². The lowest BCUT2D eigenvalue weighted by atomic mass is 9.90. The highest BCUT2D eigenvalue weighted by molar-refractivity contribution is 5.90. The molecule has 0 heterocycles. The molecule has 1 atom stereocenters. The fraction of sp³-hybridized carbons (Fsp3) is 0.0750. The van der Waals surface area contributed by atoms with Crippen molar-refractivity contribution >= 4 is 72.7 Å². The van der Waals surface area contributed by atoms with Gasteiger partial charge in [-0.1, -0.05) is 194 Å². The Balaban J connectivity index is 0.682. The van der Waals surface area contributed by atoms with E-state index < -0.39 is 0 Å². The first-order chi connectivity index (χ1) is 41.6. The van der Waals surface area contributed by atoms with Crippen LogP contribution in [-0.4, -0.2) is 0 Å². The van der Waals surface area contributed by atoms with Crippen LogP contribution in [0.3, 0.4) is 0 Å². The highest BCUT2D eigenvalue weighted by Gasteiger charge is 2.23. The minimum absolute atomic E-state index is 0.299. The minimum atomic E-state index is 0.299. The van der Waals surface area contributed by atoms with Crippen molar-refractivity contribution in [2.45, 2.75) is 38.0 Å². The van der Waals surface area contributed by atoms with Gasteiger partial charge in [0.1, 0.15) is 0 Å². The summed E-state index contributed by atoms with van der Waals surface area (Å²) in [6.45, 7) is 0. The van der Waals surface area contributed by atoms with Crippen LogP contribution in [-0.2, 0) is 0 Å². The van der Waals surface area contributed by atoms with Crippen molar-refractivity contribution in [3.63, 3.8) is 0 Å². The molecule has 11 aromatic rings. The molecule has 0 aromatic heterocycles. The van der Waals surface area contributed by atoms with E-state index in [0.717, 1.165) is 83.0 Å². The first-order valence-corrected chi connectivity index (χ1v) is 29.5. The molecule has 3 aliphatic carbocycles. The normalized spacial score (nSPS) is 14.6. The summed E-state index contributed by atoms with van der Waals surface area (Å²) >= 11 is 0. The second kappa shape index (κ2) is 23.6. The Morgan fingerprint density at radius 2 is 0.655 bits per heavy atom. The van der Waals surface area contributed by atoms with E-state index in [9.17, 15) is 0 Å². The van der Waals surface area contributed by atoms with Gasteiger partial charge >= 0.3 is 0 Å². The zero-order valence-corrected chi connectivity index (χ0v) is 47.0. The Morgan fingerprint density at radius 1 is 0.298 bits per heavy atom. The van der Waals surface area contributed by atoms with Crippen LogP contribution < -0.4 is 19.6 Å². The van der Waals surface area contributed by atoms with Gasteiger partial charge < -0.3 is 19.6 Å². The van der Waals surface area contributed by atoms with Gasteiger partial charge in [-0.15, -0.1) is 0 Å². The summed E-state index contributed by atoms with van der Waals surface area (Å²) in [4.78, 5) is 9.57. The molecule has 11 aromatic carbocycles. The molecule has 1 unspecified atom stereocenters. The summed E-state index contributed by atoms with van der Waals surface area (Å²) in [6, 6.07) is 97.3. The summed E-state index contributed by atoms with van der Waals surface area (Å²) in [5, 5.41) is 4.98. The van der Waals surface area contributed by atoms with Crippen molar-refractivity contribution in [3.8, 4) is 22.3 Å². The number of rotatable bonds is 15. The molecule has 0 spiro atoms. The molecule has 4 nitrogen and oxygen atoms in total. The SMILES string of the molecule is C1=CCCC(N(C2=CCC(c3ccc(N(C4=CC=CCC4)c4ccc(-c5ccc(N(c6ccccc6)c6ccc(-c7ccc(N(c8ccccc8)c8ccc9ccccc9c8)cc7)cc6)cc5)cc4)cc3)C=C2)c2ccc3ccccc3c2)=C1. The Labute approximate surface area is 494 Å². The number of allylic oxidation sites excluding steroid dienone is 11. The van der Waals surface area contributed by atoms with E-state index >= 15 is 0 Å². The number of hydrogen-bond acceptors (Lipinski definition) is 4. The first-order valence-electron chi connectivity index (χ1n) is 29.5. The van der Waals surface area contributed by atoms with Gasteiger partial charge in [0.15, 0.2) is 0 Å². The third kappa shape index (κ3) is 10.8. The highest BCUT2D eigenvalue weighted by Crippen LogP contribution is 2.42. The third-order valence-electron chi connectivity index (χ3n) is 16.7. The number of anilines is 9. The van der Waals surface area contributed by atoms with Crippen molar-refractivity contribution in [2.24, 2.45) is 0 Å². The predicted octanol–water partition coefficient (Wildman–Crippen LogP) is 22.3. The monoisotopic (exact) mass is 1080 g/mol. The minimum Gasteiger partial charge on any atom is -0.315 e. The van der Waals surface area contributed by atoms with E-state index in [1.54, 1.807) is 0 Å². The largest absolute Gasteiger partial charge is 0.315 e. The lowest BCUT2D eigenvalue weighted by Crippen LogP contribution is -2.23. The summed E-state index contributed by atoms with van der Waals surface area (Å²) in [5.74, 6) is 0.299. The maximum atomic E-state index is 2.46. The average Bonchev–Trinajstić information content (AvgIpc) is 3.31. The number of hydrogen-bond donors (Lipinski definition) is 0. The molecular formula is C80H64N4. The number of fused-ring (bicyclic) bond motifs is 2. The summed E-state index contributed by atoms with van der Waals surface area (Å²) in [7, 11) is 0. The van der Waals surface area contributed by atoms with Crippen LogP contribution in [0.2, 0.25) is 0 Å². The van der Waals surface area contributed by atoms with E-state index in [2.05, 4.69) is 341 Å². The van der Waals surface area contributed by atoms with E-state index in [-0.39, 0.29) is 0 Å². The second-order valence-electron chi connectivity index (χ2n) is 21.9. The quantitative estimate of drug-likeness (QED) is 0.101. The summed E-state index contributed by atoms with van der Waals surface area (Å²) in [6.07, 6.45) is 25.7. The summed E-state index contributed by atoms with van der Waals surface area (Å²) in [5.41, 5.74) is 20.0. The maximum absolute atomic E-state index is 2.46. The third-order valence-corrected chi connectivity index (χ3v) is 16.7. The van der Waals surface area contributed by atoms with Crippen LogP contribution in [0, 0.1) is 0 Å². The van der Waals surface area contributed by atoms with Gasteiger partial charge in [0, 0.05) is 74.2 Å². The molecule has 0 saturated heterocycles. The molecule has 0 saturated carbocycles. The number of nitrogens with zero attached hydrogens (tertiary/aromatic N) is 4. The molecule has 0 aliphatic heterocycles. The first kappa shape index (κ1) is 51.7. The number of benzene rings is 11. The Bertz CT molecular complexity index is 4300. The fourth-order valence-electron chi connectivity index (χ4n) is 12.3. The number of para-hydroxylation sites is 2. The van der Waals surface area contributed by atoms with Crippen LogP contribution in [0.1, 0.15) is 43.6 Å². The Morgan fingerprint density at radius 3 is 1.07 bits per heavy atom. The average molecular weight is 1080 g/mol. The topological polar surface area (TPSA) is 13.0 Å². The van der Waals surface area contributed by atoms with E-state index in [1.807, 2.05) is 0 Å². The Kier molecular flexibility index (Phi) is 14.5. The fourth-order valence-corrected chi connectivity index (χ4v) is 12.3. The molecule has 0 N–H and O–H groups in total. The van der Waals surface area contributed by atoms with Crippen LogP contribution >= 0.6 is 0 Å². The van der Waals surface area contributed by atoms with Gasteiger partial charge in [0.25, 0.3) is 0 Å². The van der Waals surface area contributed by atoms with Crippen LogP contribution in [0.15, 0.2) is 339 Å². The molecule has 0 amide bonds. The molecule has 4 heteroatoms. The summed E-state index contributed by atoms with van der Waals surface area (Å²) < 4.78 is 0. The Hall–Kier alpha value is -10.4. The van der Waals surface area contributed by atoms with Crippen molar-refractivity contribution in [2.75, 3.05) is 19.6 Å². The predicted molar refractivity (Wildman–Crippen MR) is 357 cm³/mol. The molecular weight excluding hydrogens is 1020 g/mol. The molecule has 0 bridgehead atoms. The van der Waals surface area contributed by atoms with Crippen molar-refractivity contribution < 1.29 is 0 Å². The van der Waals surface area contributed by atoms with E-state index in [0.29, 0.717) is 5.92 Å². The van der Waals surface area contributed by atoms with Gasteiger partial charge in [0.05, 0.1) is 0 Å². The zero-order chi connectivity index (χ0) is 56.0. The van der Waals surface area contributed by atoms with Gasteiger partial charge in [-0.3, -0.25) is 0 Å². The van der Waals surface area contributed by atoms with Crippen molar-refractivity contribution in [3.05, 3.63) is 344 Å². The smallest absolute Gasteiger partial charge is 0.0468 e. The van der Waals surface area contributed by atoms with Crippen LogP contribution in [0.5, 0.6) is 0 Å². The van der Waals surface area contributed by atoms with Gasteiger partial charge in [0.2, 0.25) is 0 Å². The van der Waals surface area contributed by atoms with E-state index in [1.165, 1.54) is 66.7 Å². The molecule has 14 rings (SSSR count). The molecule has 404 valence electrons. The highest BCUT2D eigenvalue weighted by atomic mass is 15.2. The molecule has 0 fully saturated rings. The van der Waals surface area contributed by atoms with Crippen molar-refractivity contribution in [1.29, 1.82) is 0 Å². The van der Waals surface area contributed by atoms with Gasteiger partial charge in [-0.05, 0) is 209 Å². The standard InChI is InChI=1S/C80H64N4/c1-5-21-69(22-6-1)81(75-47-33-63(34-48-75)65-37-51-77(52-38-65)83(71-25-9-3-10-26-71)79-55-41-59-17-13-15-19-67(59)57-79)73-43-29-61(30-44-73)62-31-45-74(46-32-62)82(70-23-7-2-8-24-70)76-49-35-64(36-50-76)66-39-53-78(54-40-66)84(72-27-11-4-12-28-72)80-56-42-60-18-14-16-20-68(60)58-80/h1-7,9-11,13-23,25-27,29-39,41-58,66H,8,12,24,28,40H2. The van der Waals surface area contributed by atoms with Gasteiger partial charge in [-0.25, -0.2) is 0 Å². The second-order valence-corrected chi connectivity index (χ2v) is 21.9. The zero-order valence-electron chi connectivity index (χ0n) is 47.0.